The lowest BCUT2D eigenvalue weighted by molar-refractivity contribution is -0.131. The van der Waals surface area contributed by atoms with Crippen LogP contribution in [-0.4, -0.2) is 29.7 Å². The van der Waals surface area contributed by atoms with E-state index in [-0.39, 0.29) is 11.7 Å². The molecule has 1 unspecified atom stereocenters. The average Bonchev–Trinajstić information content (AvgIpc) is 3.04. The van der Waals surface area contributed by atoms with Gasteiger partial charge in [0.25, 0.3) is 0 Å². The number of aryl methyl sites for hydroxylation is 1. The normalized spacial score (nSPS) is 17.8. The standard InChI is InChI=1S/C20H23NO2S/c1-14-6-3-4-8-18(14)17-7-5-9-21(12-17)20(23)11-16-10-19(15(2)22)24-13-16/h3-4,6,8,10,13,17H,5,7,9,11-12H2,1-2H3. The highest BCUT2D eigenvalue weighted by Gasteiger charge is 2.25. The van der Waals surface area contributed by atoms with Crippen LogP contribution in [0.15, 0.2) is 35.7 Å². The van der Waals surface area contributed by atoms with Gasteiger partial charge >= 0.3 is 0 Å². The quantitative estimate of drug-likeness (QED) is 0.781. The molecule has 1 amide bonds. The van der Waals surface area contributed by atoms with E-state index in [4.69, 9.17) is 0 Å². The molecule has 0 spiro atoms. The summed E-state index contributed by atoms with van der Waals surface area (Å²) >= 11 is 1.43. The molecule has 1 saturated heterocycles. The number of nitrogens with zero attached hydrogens (tertiary/aromatic N) is 1. The molecule has 1 fully saturated rings. The number of Topliss-reactive ketones (excluding diaryl/α,β-unsaturated/α-hetero) is 1. The van der Waals surface area contributed by atoms with Crippen molar-refractivity contribution in [2.75, 3.05) is 13.1 Å². The Morgan fingerprint density at radius 2 is 2.08 bits per heavy atom. The second kappa shape index (κ2) is 7.31. The van der Waals surface area contributed by atoms with E-state index >= 15 is 0 Å². The second-order valence-corrected chi connectivity index (χ2v) is 7.50. The summed E-state index contributed by atoms with van der Waals surface area (Å²) in [5.41, 5.74) is 3.62. The van der Waals surface area contributed by atoms with Crippen LogP contribution in [0.5, 0.6) is 0 Å². The van der Waals surface area contributed by atoms with Gasteiger partial charge in [0.1, 0.15) is 0 Å². The van der Waals surface area contributed by atoms with E-state index in [2.05, 4.69) is 31.2 Å². The van der Waals surface area contributed by atoms with Crippen LogP contribution in [0.3, 0.4) is 0 Å². The average molecular weight is 341 g/mol. The summed E-state index contributed by atoms with van der Waals surface area (Å²) in [6.07, 6.45) is 2.58. The van der Waals surface area contributed by atoms with Gasteiger partial charge in [0.15, 0.2) is 5.78 Å². The maximum atomic E-state index is 12.7. The Kier molecular flexibility index (Phi) is 5.14. The van der Waals surface area contributed by atoms with Crippen molar-refractivity contribution in [1.29, 1.82) is 0 Å². The lowest BCUT2D eigenvalue weighted by Gasteiger charge is -2.33. The summed E-state index contributed by atoms with van der Waals surface area (Å²) in [6.45, 7) is 5.35. The molecular formula is C20H23NO2S. The fourth-order valence-electron chi connectivity index (χ4n) is 3.44. The van der Waals surface area contributed by atoms with E-state index in [0.717, 1.165) is 36.4 Å². The fourth-order valence-corrected chi connectivity index (χ4v) is 4.26. The van der Waals surface area contributed by atoms with Gasteiger partial charge in [-0.1, -0.05) is 24.3 Å². The molecule has 0 bridgehead atoms. The van der Waals surface area contributed by atoms with Crippen molar-refractivity contribution in [3.8, 4) is 0 Å². The van der Waals surface area contributed by atoms with Crippen LogP contribution in [0, 0.1) is 6.92 Å². The SMILES string of the molecule is CC(=O)c1cc(CC(=O)N2CCCC(c3ccccc3C)C2)cs1. The van der Waals surface area contributed by atoms with Crippen molar-refractivity contribution < 1.29 is 9.59 Å². The molecule has 3 rings (SSSR count). The summed E-state index contributed by atoms with van der Waals surface area (Å²) < 4.78 is 0. The van der Waals surface area contributed by atoms with Crippen LogP contribution in [-0.2, 0) is 11.2 Å². The zero-order valence-electron chi connectivity index (χ0n) is 14.2. The molecule has 1 aromatic heterocycles. The minimum Gasteiger partial charge on any atom is -0.342 e. The number of hydrogen-bond donors (Lipinski definition) is 0. The number of benzene rings is 1. The van der Waals surface area contributed by atoms with E-state index in [1.807, 2.05) is 16.3 Å². The number of carbonyl (C=O) groups is 2. The van der Waals surface area contributed by atoms with E-state index in [1.54, 1.807) is 6.92 Å². The Balaban J connectivity index is 1.66. The molecular weight excluding hydrogens is 318 g/mol. The number of carbonyl (C=O) groups excluding carboxylic acids is 2. The molecule has 3 nitrogen and oxygen atoms in total. The number of thiophene rings is 1. The highest BCUT2D eigenvalue weighted by molar-refractivity contribution is 7.12. The molecule has 1 aromatic carbocycles. The van der Waals surface area contributed by atoms with E-state index in [1.165, 1.54) is 22.5 Å². The van der Waals surface area contributed by atoms with Crippen molar-refractivity contribution in [3.05, 3.63) is 57.3 Å². The number of likely N-dealkylation sites (tertiary alicyclic amines) is 1. The molecule has 4 heteroatoms. The monoisotopic (exact) mass is 341 g/mol. The highest BCUT2D eigenvalue weighted by atomic mass is 32.1. The molecule has 1 aliphatic rings. The fraction of sp³-hybridized carbons (Fsp3) is 0.400. The predicted octanol–water partition coefficient (Wildman–Crippen LogP) is 4.21. The molecule has 126 valence electrons. The maximum Gasteiger partial charge on any atom is 0.227 e. The van der Waals surface area contributed by atoms with E-state index in [0.29, 0.717) is 12.3 Å². The molecule has 1 atom stereocenters. The van der Waals surface area contributed by atoms with Gasteiger partial charge < -0.3 is 4.90 Å². The summed E-state index contributed by atoms with van der Waals surface area (Å²) in [7, 11) is 0. The minimum absolute atomic E-state index is 0.0660. The minimum atomic E-state index is 0.0660. The third-order valence-electron chi connectivity index (χ3n) is 4.76. The molecule has 0 aliphatic carbocycles. The Bertz CT molecular complexity index is 750. The zero-order valence-corrected chi connectivity index (χ0v) is 15.1. The van der Waals surface area contributed by atoms with Gasteiger partial charge in [-0.25, -0.2) is 0 Å². The van der Waals surface area contributed by atoms with Crippen molar-refractivity contribution in [2.45, 2.75) is 39.0 Å². The predicted molar refractivity (Wildman–Crippen MR) is 97.8 cm³/mol. The van der Waals surface area contributed by atoms with Gasteiger partial charge in [-0.05, 0) is 54.8 Å². The van der Waals surface area contributed by atoms with Crippen LogP contribution in [0.2, 0.25) is 0 Å². The van der Waals surface area contributed by atoms with Crippen LogP contribution in [0.25, 0.3) is 0 Å². The van der Waals surface area contributed by atoms with Crippen LogP contribution >= 0.6 is 11.3 Å². The maximum absolute atomic E-state index is 12.7. The van der Waals surface area contributed by atoms with Gasteiger partial charge in [0.05, 0.1) is 11.3 Å². The Morgan fingerprint density at radius 3 is 2.79 bits per heavy atom. The van der Waals surface area contributed by atoms with Crippen LogP contribution in [0.1, 0.15) is 52.0 Å². The van der Waals surface area contributed by atoms with Crippen molar-refractivity contribution >= 4 is 23.0 Å². The first-order valence-electron chi connectivity index (χ1n) is 8.46. The lowest BCUT2D eigenvalue weighted by atomic mass is 9.88. The van der Waals surface area contributed by atoms with Gasteiger partial charge in [-0.15, -0.1) is 11.3 Å². The molecule has 2 aromatic rings. The highest BCUT2D eigenvalue weighted by Crippen LogP contribution is 2.29. The first-order valence-corrected chi connectivity index (χ1v) is 9.34. The Morgan fingerprint density at radius 1 is 1.29 bits per heavy atom. The number of rotatable bonds is 4. The number of amides is 1. The summed E-state index contributed by atoms with van der Waals surface area (Å²) in [5, 5.41) is 1.93. The largest absolute Gasteiger partial charge is 0.342 e. The molecule has 0 N–H and O–H groups in total. The molecule has 24 heavy (non-hydrogen) atoms. The van der Waals surface area contributed by atoms with Gasteiger partial charge in [-0.3, -0.25) is 9.59 Å². The topological polar surface area (TPSA) is 37.4 Å². The Hall–Kier alpha value is -1.94. The van der Waals surface area contributed by atoms with Crippen LogP contribution in [0.4, 0.5) is 0 Å². The molecule has 0 saturated carbocycles. The first kappa shape index (κ1) is 16.9. The zero-order chi connectivity index (χ0) is 17.1. The summed E-state index contributed by atoms with van der Waals surface area (Å²) in [6, 6.07) is 10.3. The lowest BCUT2D eigenvalue weighted by Crippen LogP contribution is -2.40. The number of piperidine rings is 1. The second-order valence-electron chi connectivity index (χ2n) is 6.59. The summed E-state index contributed by atoms with van der Waals surface area (Å²) in [5.74, 6) is 0.664. The Labute approximate surface area is 147 Å². The van der Waals surface area contributed by atoms with E-state index < -0.39 is 0 Å². The van der Waals surface area contributed by atoms with Crippen molar-refractivity contribution in [1.82, 2.24) is 4.90 Å². The van der Waals surface area contributed by atoms with Gasteiger partial charge in [-0.2, -0.15) is 0 Å². The number of hydrogen-bond acceptors (Lipinski definition) is 3. The third kappa shape index (κ3) is 3.75. The van der Waals surface area contributed by atoms with Gasteiger partial charge in [0, 0.05) is 19.0 Å². The number of ketones is 1. The molecule has 1 aliphatic heterocycles. The van der Waals surface area contributed by atoms with Gasteiger partial charge in [0.2, 0.25) is 5.91 Å². The van der Waals surface area contributed by atoms with Crippen molar-refractivity contribution in [3.63, 3.8) is 0 Å². The first-order chi connectivity index (χ1) is 11.5. The van der Waals surface area contributed by atoms with Crippen molar-refractivity contribution in [2.24, 2.45) is 0 Å². The van der Waals surface area contributed by atoms with E-state index in [9.17, 15) is 9.59 Å². The summed E-state index contributed by atoms with van der Waals surface area (Å²) in [4.78, 5) is 26.8. The molecule has 2 heterocycles. The third-order valence-corrected chi connectivity index (χ3v) is 5.84. The smallest absolute Gasteiger partial charge is 0.227 e. The van der Waals surface area contributed by atoms with Crippen LogP contribution < -0.4 is 0 Å². The molecule has 0 radical (unpaired) electrons.